The first-order valence-corrected chi connectivity index (χ1v) is 11.1. The Morgan fingerprint density at radius 1 is 0.871 bits per heavy atom. The van der Waals surface area contributed by atoms with Crippen LogP contribution >= 0.6 is 0 Å². The molecule has 0 saturated heterocycles. The van der Waals surface area contributed by atoms with E-state index in [1.54, 1.807) is 0 Å². The van der Waals surface area contributed by atoms with Gasteiger partial charge in [0.1, 0.15) is 6.29 Å². The maximum atomic E-state index is 11.6. The van der Waals surface area contributed by atoms with E-state index in [0.717, 1.165) is 74.4 Å². The molecule has 0 atom stereocenters. The Kier molecular flexibility index (Phi) is 8.73. The number of hydrogen-bond acceptors (Lipinski definition) is 5. The lowest BCUT2D eigenvalue weighted by molar-refractivity contribution is 0.112. The first-order valence-electron chi connectivity index (χ1n) is 11.1. The summed E-state index contributed by atoms with van der Waals surface area (Å²) in [7, 11) is 0. The van der Waals surface area contributed by atoms with Gasteiger partial charge in [0.05, 0.1) is 11.4 Å². The Hall–Kier alpha value is -3.05. The van der Waals surface area contributed by atoms with Crippen molar-refractivity contribution in [1.82, 2.24) is 14.9 Å². The van der Waals surface area contributed by atoms with Crippen molar-refractivity contribution in [2.45, 2.75) is 39.8 Å². The number of hydrogen-bond donors (Lipinski definition) is 0. The molecule has 31 heavy (non-hydrogen) atoms. The highest BCUT2D eigenvalue weighted by molar-refractivity contribution is 5.78. The highest BCUT2D eigenvalue weighted by Crippen LogP contribution is 2.20. The molecule has 0 aliphatic heterocycles. The molecule has 5 nitrogen and oxygen atoms in total. The van der Waals surface area contributed by atoms with Crippen LogP contribution in [0.5, 0.6) is 0 Å². The molecule has 0 unspecified atom stereocenters. The number of aldehydes is 1. The highest BCUT2D eigenvalue weighted by Gasteiger charge is 2.11. The molecule has 0 saturated carbocycles. The Bertz CT molecular complexity index is 885. The SMILES string of the molecule is CCN(CC)c1ccc(C=O)c(CCCN(Cc2ccccn2)Cc2ccccn2)c1. The van der Waals surface area contributed by atoms with Crippen LogP contribution in [0.1, 0.15) is 47.6 Å². The van der Waals surface area contributed by atoms with Crippen LogP contribution in [0.15, 0.2) is 67.0 Å². The molecule has 3 rings (SSSR count). The van der Waals surface area contributed by atoms with E-state index in [1.165, 1.54) is 5.69 Å². The molecular formula is C26H32N4O. The molecule has 0 radical (unpaired) electrons. The van der Waals surface area contributed by atoms with E-state index >= 15 is 0 Å². The Balaban J connectivity index is 1.69. The number of pyridine rings is 2. The maximum Gasteiger partial charge on any atom is 0.150 e. The van der Waals surface area contributed by atoms with Gasteiger partial charge in [-0.3, -0.25) is 19.7 Å². The smallest absolute Gasteiger partial charge is 0.150 e. The van der Waals surface area contributed by atoms with Crippen LogP contribution in [0.2, 0.25) is 0 Å². The van der Waals surface area contributed by atoms with E-state index in [9.17, 15) is 4.79 Å². The molecule has 0 spiro atoms. The molecule has 0 aliphatic carbocycles. The number of anilines is 1. The fraction of sp³-hybridized carbons (Fsp3) is 0.346. The third-order valence-corrected chi connectivity index (χ3v) is 5.53. The number of benzene rings is 1. The van der Waals surface area contributed by atoms with Crippen LogP contribution in [0.25, 0.3) is 0 Å². The quantitative estimate of drug-likeness (QED) is 0.398. The van der Waals surface area contributed by atoms with Crippen LogP contribution in [0, 0.1) is 0 Å². The molecule has 0 bridgehead atoms. The van der Waals surface area contributed by atoms with E-state index in [0.29, 0.717) is 0 Å². The lowest BCUT2D eigenvalue weighted by Crippen LogP contribution is -2.25. The van der Waals surface area contributed by atoms with Crippen molar-refractivity contribution in [3.05, 3.63) is 89.5 Å². The number of rotatable bonds is 12. The van der Waals surface area contributed by atoms with E-state index in [1.807, 2.05) is 42.7 Å². The van der Waals surface area contributed by atoms with Crippen molar-refractivity contribution in [3.63, 3.8) is 0 Å². The number of aromatic nitrogens is 2. The van der Waals surface area contributed by atoms with Gasteiger partial charge < -0.3 is 4.90 Å². The second kappa shape index (κ2) is 12.0. The zero-order valence-electron chi connectivity index (χ0n) is 18.6. The fourth-order valence-corrected chi connectivity index (χ4v) is 3.86. The van der Waals surface area contributed by atoms with Gasteiger partial charge in [0.2, 0.25) is 0 Å². The van der Waals surface area contributed by atoms with Crippen LogP contribution in [-0.4, -0.2) is 40.8 Å². The minimum atomic E-state index is 0.775. The summed E-state index contributed by atoms with van der Waals surface area (Å²) in [5.74, 6) is 0. The molecule has 0 amide bonds. The molecule has 2 heterocycles. The zero-order chi connectivity index (χ0) is 21.9. The van der Waals surface area contributed by atoms with Crippen molar-refractivity contribution in [2.24, 2.45) is 0 Å². The van der Waals surface area contributed by atoms with Crippen LogP contribution in [0.4, 0.5) is 5.69 Å². The number of carbonyl (C=O) groups is 1. The van der Waals surface area contributed by atoms with Gasteiger partial charge in [-0.1, -0.05) is 12.1 Å². The second-order valence-electron chi connectivity index (χ2n) is 7.63. The van der Waals surface area contributed by atoms with Crippen LogP contribution in [-0.2, 0) is 19.5 Å². The molecule has 0 aliphatic rings. The van der Waals surface area contributed by atoms with Gasteiger partial charge in [-0.25, -0.2) is 0 Å². The topological polar surface area (TPSA) is 49.3 Å². The molecule has 1 aromatic carbocycles. The van der Waals surface area contributed by atoms with Crippen molar-refractivity contribution in [3.8, 4) is 0 Å². The Labute approximate surface area is 185 Å². The molecule has 3 aromatic rings. The predicted molar refractivity (Wildman–Crippen MR) is 126 cm³/mol. The summed E-state index contributed by atoms with van der Waals surface area (Å²) in [6, 6.07) is 18.2. The summed E-state index contributed by atoms with van der Waals surface area (Å²) in [6.07, 6.45) is 6.47. The van der Waals surface area contributed by atoms with E-state index in [2.05, 4.69) is 57.9 Å². The maximum absolute atomic E-state index is 11.6. The number of aryl methyl sites for hydroxylation is 1. The fourth-order valence-electron chi connectivity index (χ4n) is 3.86. The average molecular weight is 417 g/mol. The van der Waals surface area contributed by atoms with E-state index in [4.69, 9.17) is 0 Å². The van der Waals surface area contributed by atoms with Gasteiger partial charge in [-0.2, -0.15) is 0 Å². The van der Waals surface area contributed by atoms with E-state index in [-0.39, 0.29) is 0 Å². The molecule has 162 valence electrons. The minimum Gasteiger partial charge on any atom is -0.372 e. The third kappa shape index (κ3) is 6.72. The monoisotopic (exact) mass is 416 g/mol. The second-order valence-corrected chi connectivity index (χ2v) is 7.63. The standard InChI is InChI=1S/C26H32N4O/c1-3-30(4-2)26-14-13-23(21-31)22(18-26)10-9-17-29(19-24-11-5-7-15-27-24)20-25-12-6-8-16-28-25/h5-8,11-16,18,21H,3-4,9-10,17,19-20H2,1-2H3. The first kappa shape index (κ1) is 22.6. The summed E-state index contributed by atoms with van der Waals surface area (Å²) < 4.78 is 0. The molecule has 0 N–H and O–H groups in total. The van der Waals surface area contributed by atoms with Gasteiger partial charge in [0.15, 0.2) is 0 Å². The normalized spacial score (nSPS) is 10.9. The van der Waals surface area contributed by atoms with Gasteiger partial charge in [-0.05, 0) is 81.3 Å². The van der Waals surface area contributed by atoms with Crippen molar-refractivity contribution < 1.29 is 4.79 Å². The first-order chi connectivity index (χ1) is 15.2. The predicted octanol–water partition coefficient (Wildman–Crippen LogP) is 4.77. The van der Waals surface area contributed by atoms with Crippen LogP contribution in [0.3, 0.4) is 0 Å². The van der Waals surface area contributed by atoms with Gasteiger partial charge >= 0.3 is 0 Å². The minimum absolute atomic E-state index is 0.775. The molecule has 0 fully saturated rings. The summed E-state index contributed by atoms with van der Waals surface area (Å²) in [6.45, 7) is 8.68. The Morgan fingerprint density at radius 2 is 1.52 bits per heavy atom. The van der Waals surface area contributed by atoms with Gasteiger partial charge in [-0.15, -0.1) is 0 Å². The summed E-state index contributed by atoms with van der Waals surface area (Å²) in [5.41, 5.74) is 5.20. The third-order valence-electron chi connectivity index (χ3n) is 5.53. The lowest BCUT2D eigenvalue weighted by atomic mass is 10.0. The van der Waals surface area contributed by atoms with Crippen LogP contribution < -0.4 is 4.90 Å². The van der Waals surface area contributed by atoms with Crippen molar-refractivity contribution in [2.75, 3.05) is 24.5 Å². The number of carbonyl (C=O) groups excluding carboxylic acids is 1. The largest absolute Gasteiger partial charge is 0.372 e. The van der Waals surface area contributed by atoms with Gasteiger partial charge in [0, 0.05) is 49.8 Å². The average Bonchev–Trinajstić information content (AvgIpc) is 2.81. The molecular weight excluding hydrogens is 384 g/mol. The number of nitrogens with zero attached hydrogens (tertiary/aromatic N) is 4. The highest BCUT2D eigenvalue weighted by atomic mass is 16.1. The zero-order valence-corrected chi connectivity index (χ0v) is 18.6. The molecule has 2 aromatic heterocycles. The molecule has 5 heteroatoms. The van der Waals surface area contributed by atoms with Crippen molar-refractivity contribution >= 4 is 12.0 Å². The van der Waals surface area contributed by atoms with Gasteiger partial charge in [0.25, 0.3) is 0 Å². The summed E-state index contributed by atoms with van der Waals surface area (Å²) in [4.78, 5) is 25.3. The van der Waals surface area contributed by atoms with Crippen molar-refractivity contribution in [1.29, 1.82) is 0 Å². The lowest BCUT2D eigenvalue weighted by Gasteiger charge is -2.23. The Morgan fingerprint density at radius 3 is 2.03 bits per heavy atom. The summed E-state index contributed by atoms with van der Waals surface area (Å²) in [5, 5.41) is 0. The summed E-state index contributed by atoms with van der Waals surface area (Å²) >= 11 is 0. The van der Waals surface area contributed by atoms with E-state index < -0.39 is 0 Å².